The van der Waals surface area contributed by atoms with E-state index in [0.717, 1.165) is 25.7 Å². The van der Waals surface area contributed by atoms with Gasteiger partial charge in [-0.2, -0.15) is 0 Å². The molecule has 0 radical (unpaired) electrons. The average Bonchev–Trinajstić information content (AvgIpc) is 2.45. The van der Waals surface area contributed by atoms with E-state index < -0.39 is 0 Å². The van der Waals surface area contributed by atoms with Gasteiger partial charge >= 0.3 is 6.03 Å². The fourth-order valence-electron chi connectivity index (χ4n) is 2.60. The first-order valence-electron chi connectivity index (χ1n) is 7.15. The smallest absolute Gasteiger partial charge is 0.319 e. The van der Waals surface area contributed by atoms with Gasteiger partial charge in [0.15, 0.2) is 0 Å². The monoisotopic (exact) mass is 312 g/mol. The average molecular weight is 312 g/mol. The number of amides is 2. The highest BCUT2D eigenvalue weighted by molar-refractivity contribution is 7.98. The second-order valence-electron chi connectivity index (χ2n) is 5.37. The van der Waals surface area contributed by atoms with Crippen LogP contribution in [0.15, 0.2) is 23.1 Å². The van der Waals surface area contributed by atoms with E-state index in [0.29, 0.717) is 23.0 Å². The number of rotatable bonds is 4. The van der Waals surface area contributed by atoms with Crippen molar-refractivity contribution in [3.63, 3.8) is 0 Å². The lowest BCUT2D eigenvalue weighted by Crippen LogP contribution is -2.35. The lowest BCUT2D eigenvalue weighted by atomic mass is 9.87. The van der Waals surface area contributed by atoms with Gasteiger partial charge in [0.25, 0.3) is 0 Å². The summed E-state index contributed by atoms with van der Waals surface area (Å²) >= 11 is 1.33. The van der Waals surface area contributed by atoms with Crippen LogP contribution in [0.5, 0.6) is 0 Å². The highest BCUT2D eigenvalue weighted by atomic mass is 32.2. The molecule has 1 fully saturated rings. The first kappa shape index (κ1) is 16.1. The van der Waals surface area contributed by atoms with Crippen LogP contribution in [0.2, 0.25) is 0 Å². The number of aliphatic hydroxyl groups is 1. The van der Waals surface area contributed by atoms with E-state index in [1.165, 1.54) is 17.8 Å². The van der Waals surface area contributed by atoms with E-state index in [1.807, 2.05) is 0 Å². The van der Waals surface area contributed by atoms with Gasteiger partial charge in [0.2, 0.25) is 0 Å². The van der Waals surface area contributed by atoms with Crippen molar-refractivity contribution in [3.05, 3.63) is 24.0 Å². The lowest BCUT2D eigenvalue weighted by molar-refractivity contribution is 0.101. The fourth-order valence-corrected chi connectivity index (χ4v) is 3.06. The van der Waals surface area contributed by atoms with Crippen molar-refractivity contribution in [2.24, 2.45) is 5.92 Å². The molecule has 4 nitrogen and oxygen atoms in total. The molecular formula is C15H21FN2O2S. The maximum atomic E-state index is 13.6. The predicted octanol–water partition coefficient (Wildman–Crippen LogP) is 3.22. The van der Waals surface area contributed by atoms with E-state index in [9.17, 15) is 14.3 Å². The van der Waals surface area contributed by atoms with Crippen LogP contribution in [0.25, 0.3) is 0 Å². The van der Waals surface area contributed by atoms with E-state index in [1.54, 1.807) is 18.4 Å². The van der Waals surface area contributed by atoms with Gasteiger partial charge in [-0.05, 0) is 49.6 Å². The standard InChI is InChI=1S/C15H21FN2O2S/c1-21-14-6-5-11(8-13(14)16)18-15(20)17-9-10-3-2-4-12(19)7-10/h5-6,8,10,12,19H,2-4,7,9H2,1H3,(H2,17,18,20). The number of carbonyl (C=O) groups excluding carboxylic acids is 1. The molecule has 116 valence electrons. The van der Waals surface area contributed by atoms with Crippen LogP contribution in [0.3, 0.4) is 0 Å². The van der Waals surface area contributed by atoms with Crippen molar-refractivity contribution in [1.29, 1.82) is 0 Å². The number of nitrogens with one attached hydrogen (secondary N) is 2. The molecule has 0 saturated heterocycles. The molecule has 1 saturated carbocycles. The van der Waals surface area contributed by atoms with Crippen molar-refractivity contribution in [2.45, 2.75) is 36.7 Å². The molecule has 2 amide bonds. The zero-order valence-corrected chi connectivity index (χ0v) is 12.9. The summed E-state index contributed by atoms with van der Waals surface area (Å²) in [6.07, 6.45) is 5.16. The third-order valence-corrected chi connectivity index (χ3v) is 4.49. The summed E-state index contributed by atoms with van der Waals surface area (Å²) in [5.41, 5.74) is 0.437. The molecule has 2 rings (SSSR count). The van der Waals surface area contributed by atoms with Gasteiger partial charge in [-0.3, -0.25) is 0 Å². The maximum Gasteiger partial charge on any atom is 0.319 e. The normalized spacial score (nSPS) is 21.9. The second kappa shape index (κ2) is 7.66. The molecule has 3 N–H and O–H groups in total. The number of urea groups is 1. The molecule has 0 aromatic heterocycles. The van der Waals surface area contributed by atoms with Crippen molar-refractivity contribution in [2.75, 3.05) is 18.1 Å². The van der Waals surface area contributed by atoms with Crippen LogP contribution < -0.4 is 10.6 Å². The van der Waals surface area contributed by atoms with Crippen LogP contribution in [0.1, 0.15) is 25.7 Å². The van der Waals surface area contributed by atoms with Crippen LogP contribution in [0, 0.1) is 11.7 Å². The minimum Gasteiger partial charge on any atom is -0.393 e. The number of hydrogen-bond donors (Lipinski definition) is 3. The Morgan fingerprint density at radius 2 is 2.29 bits per heavy atom. The number of halogens is 1. The molecule has 2 atom stereocenters. The minimum absolute atomic E-state index is 0.248. The Balaban J connectivity index is 1.80. The number of aliphatic hydroxyl groups excluding tert-OH is 1. The SMILES string of the molecule is CSc1ccc(NC(=O)NCC2CCCC(O)C2)cc1F. The molecule has 2 unspecified atom stereocenters. The van der Waals surface area contributed by atoms with Crippen LogP contribution in [-0.4, -0.2) is 30.0 Å². The first-order chi connectivity index (χ1) is 10.1. The summed E-state index contributed by atoms with van der Waals surface area (Å²) in [6.45, 7) is 0.536. The van der Waals surface area contributed by atoms with Gasteiger partial charge in [0, 0.05) is 17.1 Å². The van der Waals surface area contributed by atoms with Crippen LogP contribution in [-0.2, 0) is 0 Å². The Kier molecular flexibility index (Phi) is 5.87. The Bertz CT molecular complexity index is 499. The molecule has 21 heavy (non-hydrogen) atoms. The first-order valence-corrected chi connectivity index (χ1v) is 8.37. The zero-order valence-electron chi connectivity index (χ0n) is 12.1. The molecule has 0 aliphatic heterocycles. The van der Waals surface area contributed by atoms with Crippen molar-refractivity contribution in [3.8, 4) is 0 Å². The topological polar surface area (TPSA) is 61.4 Å². The number of anilines is 1. The largest absolute Gasteiger partial charge is 0.393 e. The summed E-state index contributed by atoms with van der Waals surface area (Å²) < 4.78 is 13.6. The number of hydrogen-bond acceptors (Lipinski definition) is 3. The number of benzene rings is 1. The fraction of sp³-hybridized carbons (Fsp3) is 0.533. The third kappa shape index (κ3) is 4.89. The maximum absolute atomic E-state index is 13.6. The second-order valence-corrected chi connectivity index (χ2v) is 6.22. The Morgan fingerprint density at radius 1 is 1.48 bits per heavy atom. The predicted molar refractivity (Wildman–Crippen MR) is 83.2 cm³/mol. The summed E-state index contributed by atoms with van der Waals surface area (Å²) in [5, 5.41) is 15.0. The Hall–Kier alpha value is -1.27. The molecule has 0 heterocycles. The zero-order chi connectivity index (χ0) is 15.2. The minimum atomic E-state index is -0.341. The molecule has 0 bridgehead atoms. The third-order valence-electron chi connectivity index (χ3n) is 3.72. The van der Waals surface area contributed by atoms with Gasteiger partial charge in [-0.25, -0.2) is 9.18 Å². The van der Waals surface area contributed by atoms with Gasteiger partial charge in [0.05, 0.1) is 6.10 Å². The summed E-state index contributed by atoms with van der Waals surface area (Å²) in [5.74, 6) is -0.0224. The number of thioether (sulfide) groups is 1. The quantitative estimate of drug-likeness (QED) is 0.748. The molecule has 6 heteroatoms. The molecule has 1 aromatic carbocycles. The summed E-state index contributed by atoms with van der Waals surface area (Å²) in [6, 6.07) is 4.30. The van der Waals surface area contributed by atoms with Crippen LogP contribution in [0.4, 0.5) is 14.9 Å². The molecule has 0 spiro atoms. The summed E-state index contributed by atoms with van der Waals surface area (Å²) in [4.78, 5) is 12.3. The Labute approximate surface area is 128 Å². The van der Waals surface area contributed by atoms with Crippen molar-refractivity contribution < 1.29 is 14.3 Å². The number of carbonyl (C=O) groups is 1. The van der Waals surface area contributed by atoms with E-state index >= 15 is 0 Å². The lowest BCUT2D eigenvalue weighted by Gasteiger charge is -2.25. The van der Waals surface area contributed by atoms with Crippen LogP contribution >= 0.6 is 11.8 Å². The van der Waals surface area contributed by atoms with Crippen molar-refractivity contribution >= 4 is 23.5 Å². The molecule has 1 aliphatic rings. The highest BCUT2D eigenvalue weighted by Gasteiger charge is 2.20. The van der Waals surface area contributed by atoms with Gasteiger partial charge in [0.1, 0.15) is 5.82 Å². The Morgan fingerprint density at radius 3 is 2.95 bits per heavy atom. The molecular weight excluding hydrogens is 291 g/mol. The van der Waals surface area contributed by atoms with Gasteiger partial charge in [-0.1, -0.05) is 6.42 Å². The van der Waals surface area contributed by atoms with Gasteiger partial charge < -0.3 is 15.7 Å². The summed E-state index contributed by atoms with van der Waals surface area (Å²) in [7, 11) is 0. The molecule has 1 aromatic rings. The van der Waals surface area contributed by atoms with Gasteiger partial charge in [-0.15, -0.1) is 11.8 Å². The van der Waals surface area contributed by atoms with E-state index in [4.69, 9.17) is 0 Å². The van der Waals surface area contributed by atoms with E-state index in [2.05, 4.69) is 10.6 Å². The highest BCUT2D eigenvalue weighted by Crippen LogP contribution is 2.24. The molecule has 1 aliphatic carbocycles. The van der Waals surface area contributed by atoms with E-state index in [-0.39, 0.29) is 18.0 Å². The van der Waals surface area contributed by atoms with Crippen molar-refractivity contribution in [1.82, 2.24) is 5.32 Å².